The van der Waals surface area contributed by atoms with Gasteiger partial charge in [-0.1, -0.05) is 12.1 Å². The van der Waals surface area contributed by atoms with Gasteiger partial charge in [0.25, 0.3) is 0 Å². The molecule has 1 amide bonds. The average molecular weight is 316 g/mol. The van der Waals surface area contributed by atoms with Crippen molar-refractivity contribution in [3.05, 3.63) is 66.0 Å². The summed E-state index contributed by atoms with van der Waals surface area (Å²) in [4.78, 5) is 11.7. The van der Waals surface area contributed by atoms with Crippen LogP contribution in [0.3, 0.4) is 0 Å². The van der Waals surface area contributed by atoms with E-state index in [4.69, 9.17) is 17.3 Å². The monoisotopic (exact) mass is 316 g/mol. The van der Waals surface area contributed by atoms with Crippen LogP contribution in [0, 0.1) is 5.82 Å². The molecule has 0 fully saturated rings. The van der Waals surface area contributed by atoms with Gasteiger partial charge >= 0.3 is 0 Å². The van der Waals surface area contributed by atoms with E-state index >= 15 is 0 Å². The van der Waals surface area contributed by atoms with Crippen molar-refractivity contribution in [2.24, 2.45) is 0 Å². The molecular weight excluding hydrogens is 303 g/mol. The van der Waals surface area contributed by atoms with Crippen LogP contribution in [0.2, 0.25) is 0 Å². The molecule has 0 unspecified atom stereocenters. The van der Waals surface area contributed by atoms with Crippen LogP contribution < -0.4 is 10.6 Å². The standard InChI is InChI=1S/C16H13FN2O2S/c17-12-4-1-11(2-5-12)3-10-15(21)19-16(22)18-13-6-8-14(20)9-7-13/h1-10,20H,(H2,18,19,21,22)/b10-3+. The van der Waals surface area contributed by atoms with Crippen molar-refractivity contribution in [2.45, 2.75) is 0 Å². The molecule has 2 aromatic rings. The van der Waals surface area contributed by atoms with Crippen molar-refractivity contribution in [2.75, 3.05) is 5.32 Å². The van der Waals surface area contributed by atoms with E-state index in [1.807, 2.05) is 0 Å². The molecule has 0 bridgehead atoms. The molecule has 2 rings (SSSR count). The Hall–Kier alpha value is -2.73. The number of rotatable bonds is 3. The molecule has 0 heterocycles. The second-order valence-electron chi connectivity index (χ2n) is 4.38. The van der Waals surface area contributed by atoms with Crippen molar-refractivity contribution in [3.63, 3.8) is 0 Å². The van der Waals surface area contributed by atoms with Crippen molar-refractivity contribution in [1.29, 1.82) is 0 Å². The van der Waals surface area contributed by atoms with Crippen LogP contribution in [0.5, 0.6) is 5.75 Å². The lowest BCUT2D eigenvalue weighted by Crippen LogP contribution is -2.32. The number of thiocarbonyl (C=S) groups is 1. The van der Waals surface area contributed by atoms with Gasteiger partial charge in [-0.2, -0.15) is 0 Å². The van der Waals surface area contributed by atoms with Crippen LogP contribution in [0.25, 0.3) is 6.08 Å². The Bertz CT molecular complexity index is 697. The Balaban J connectivity index is 1.87. The number of aromatic hydroxyl groups is 1. The van der Waals surface area contributed by atoms with Crippen molar-refractivity contribution in [1.82, 2.24) is 5.32 Å². The van der Waals surface area contributed by atoms with E-state index in [1.54, 1.807) is 30.3 Å². The number of hydrogen-bond acceptors (Lipinski definition) is 3. The fourth-order valence-corrected chi connectivity index (χ4v) is 1.82. The first-order valence-electron chi connectivity index (χ1n) is 6.37. The highest BCUT2D eigenvalue weighted by Crippen LogP contribution is 2.13. The number of anilines is 1. The fourth-order valence-electron chi connectivity index (χ4n) is 1.61. The van der Waals surface area contributed by atoms with Crippen LogP contribution in [0.4, 0.5) is 10.1 Å². The van der Waals surface area contributed by atoms with Crippen LogP contribution in [0.1, 0.15) is 5.56 Å². The zero-order valence-electron chi connectivity index (χ0n) is 11.4. The zero-order valence-corrected chi connectivity index (χ0v) is 12.2. The van der Waals surface area contributed by atoms with Gasteiger partial charge in [0.15, 0.2) is 5.11 Å². The van der Waals surface area contributed by atoms with Crippen molar-refractivity contribution in [3.8, 4) is 5.75 Å². The average Bonchev–Trinajstić information content (AvgIpc) is 2.49. The van der Waals surface area contributed by atoms with Crippen molar-refractivity contribution < 1.29 is 14.3 Å². The van der Waals surface area contributed by atoms with Gasteiger partial charge in [-0.25, -0.2) is 4.39 Å². The Morgan fingerprint density at radius 1 is 1.09 bits per heavy atom. The summed E-state index contributed by atoms with van der Waals surface area (Å²) in [5.41, 5.74) is 1.35. The van der Waals surface area contributed by atoms with Crippen molar-refractivity contribution >= 4 is 35.0 Å². The summed E-state index contributed by atoms with van der Waals surface area (Å²) in [6, 6.07) is 12.0. The summed E-state index contributed by atoms with van der Waals surface area (Å²) in [6.45, 7) is 0. The Morgan fingerprint density at radius 2 is 1.73 bits per heavy atom. The lowest BCUT2D eigenvalue weighted by molar-refractivity contribution is -0.115. The van der Waals surface area contributed by atoms with Gasteiger partial charge in [0, 0.05) is 11.8 Å². The van der Waals surface area contributed by atoms with E-state index in [9.17, 15) is 9.18 Å². The molecule has 0 saturated heterocycles. The lowest BCUT2D eigenvalue weighted by atomic mass is 10.2. The summed E-state index contributed by atoms with van der Waals surface area (Å²) < 4.78 is 12.7. The quantitative estimate of drug-likeness (QED) is 0.463. The van der Waals surface area contributed by atoms with Gasteiger partial charge in [-0.15, -0.1) is 0 Å². The molecule has 0 aliphatic carbocycles. The van der Waals surface area contributed by atoms with E-state index in [-0.39, 0.29) is 16.7 Å². The minimum Gasteiger partial charge on any atom is -0.508 e. The van der Waals surface area contributed by atoms with E-state index in [1.165, 1.54) is 30.3 Å². The molecule has 0 saturated carbocycles. The third-order valence-electron chi connectivity index (χ3n) is 2.66. The number of carbonyl (C=O) groups is 1. The van der Waals surface area contributed by atoms with Gasteiger partial charge in [-0.05, 0) is 60.3 Å². The highest BCUT2D eigenvalue weighted by molar-refractivity contribution is 7.80. The Morgan fingerprint density at radius 3 is 2.36 bits per heavy atom. The van der Waals surface area contributed by atoms with Gasteiger partial charge in [0.2, 0.25) is 5.91 Å². The lowest BCUT2D eigenvalue weighted by Gasteiger charge is -2.07. The molecule has 0 aliphatic heterocycles. The second kappa shape index (κ2) is 7.33. The van der Waals surface area contributed by atoms with E-state index < -0.39 is 5.91 Å². The molecule has 0 atom stereocenters. The molecule has 4 nitrogen and oxygen atoms in total. The van der Waals surface area contributed by atoms with Gasteiger partial charge in [0.1, 0.15) is 11.6 Å². The highest BCUT2D eigenvalue weighted by atomic mass is 32.1. The second-order valence-corrected chi connectivity index (χ2v) is 4.78. The Labute approximate surface area is 132 Å². The summed E-state index contributed by atoms with van der Waals surface area (Å²) in [5.74, 6) is -0.593. The zero-order chi connectivity index (χ0) is 15.9. The minimum absolute atomic E-state index is 0.138. The first-order chi connectivity index (χ1) is 10.5. The van der Waals surface area contributed by atoms with E-state index in [2.05, 4.69) is 10.6 Å². The summed E-state index contributed by atoms with van der Waals surface area (Å²) in [5, 5.41) is 14.6. The Kier molecular flexibility index (Phi) is 5.21. The maximum atomic E-state index is 12.7. The molecular formula is C16H13FN2O2S. The predicted molar refractivity (Wildman–Crippen MR) is 87.9 cm³/mol. The van der Waals surface area contributed by atoms with Crippen LogP contribution in [-0.4, -0.2) is 16.1 Å². The minimum atomic E-state index is -0.402. The molecule has 112 valence electrons. The van der Waals surface area contributed by atoms with Gasteiger partial charge < -0.3 is 10.4 Å². The van der Waals surface area contributed by atoms with E-state index in [0.29, 0.717) is 11.3 Å². The van der Waals surface area contributed by atoms with Crippen LogP contribution in [0.15, 0.2) is 54.6 Å². The number of phenols is 1. The largest absolute Gasteiger partial charge is 0.508 e. The normalized spacial score (nSPS) is 10.4. The number of halogens is 1. The number of nitrogens with one attached hydrogen (secondary N) is 2. The summed E-state index contributed by atoms with van der Waals surface area (Å²) in [6.07, 6.45) is 2.86. The number of hydrogen-bond donors (Lipinski definition) is 3. The van der Waals surface area contributed by atoms with Gasteiger partial charge in [0.05, 0.1) is 0 Å². The topological polar surface area (TPSA) is 61.4 Å². The summed E-state index contributed by atoms with van der Waals surface area (Å²) in [7, 11) is 0. The third-order valence-corrected chi connectivity index (χ3v) is 2.86. The fraction of sp³-hybridized carbons (Fsp3) is 0. The third kappa shape index (κ3) is 4.99. The molecule has 22 heavy (non-hydrogen) atoms. The number of carbonyl (C=O) groups excluding carboxylic acids is 1. The number of benzene rings is 2. The molecule has 0 aliphatic rings. The molecule has 2 aromatic carbocycles. The number of phenolic OH excluding ortho intramolecular Hbond substituents is 1. The molecule has 3 N–H and O–H groups in total. The maximum absolute atomic E-state index is 12.7. The maximum Gasteiger partial charge on any atom is 0.250 e. The first kappa shape index (κ1) is 15.7. The van der Waals surface area contributed by atoms with E-state index in [0.717, 1.165) is 0 Å². The summed E-state index contributed by atoms with van der Waals surface area (Å²) >= 11 is 5.00. The highest BCUT2D eigenvalue weighted by Gasteiger charge is 2.01. The van der Waals surface area contributed by atoms with Crippen LogP contribution in [-0.2, 0) is 4.79 Å². The van der Waals surface area contributed by atoms with Crippen LogP contribution >= 0.6 is 12.2 Å². The molecule has 0 radical (unpaired) electrons. The first-order valence-corrected chi connectivity index (χ1v) is 6.78. The molecule has 0 spiro atoms. The van der Waals surface area contributed by atoms with Gasteiger partial charge in [-0.3, -0.25) is 10.1 Å². The molecule has 6 heteroatoms. The molecule has 0 aromatic heterocycles. The smallest absolute Gasteiger partial charge is 0.250 e. The predicted octanol–water partition coefficient (Wildman–Crippen LogP) is 3.06. The SMILES string of the molecule is O=C(/C=C/c1ccc(F)cc1)NC(=S)Nc1ccc(O)cc1. The number of amides is 1.